The fourth-order valence-corrected chi connectivity index (χ4v) is 3.75. The molecular formula is C18H28N4OS. The lowest BCUT2D eigenvalue weighted by atomic mass is 10.1. The number of benzene rings is 1. The van der Waals surface area contributed by atoms with E-state index in [1.165, 1.54) is 31.7 Å². The molecular weight excluding hydrogens is 320 g/mol. The summed E-state index contributed by atoms with van der Waals surface area (Å²) in [6.07, 6.45) is 6.83. The van der Waals surface area contributed by atoms with Gasteiger partial charge in [-0.1, -0.05) is 12.1 Å². The van der Waals surface area contributed by atoms with Crippen LogP contribution in [0.3, 0.4) is 0 Å². The van der Waals surface area contributed by atoms with Gasteiger partial charge in [0.15, 0.2) is 5.96 Å². The standard InChI is InChI=1S/C18H28N4OS/c1-13(23)21-15-6-4-14(5-7-15)10-11-20-18(19-2)22-16-8-9-17(12-16)24-3/h4-7,16-17H,8-12H2,1-3H3,(H,21,23)(H2,19,20,22). The highest BCUT2D eigenvalue weighted by atomic mass is 32.2. The van der Waals surface area contributed by atoms with Gasteiger partial charge in [-0.05, 0) is 49.6 Å². The van der Waals surface area contributed by atoms with Gasteiger partial charge in [0.05, 0.1) is 0 Å². The molecule has 132 valence electrons. The zero-order valence-electron chi connectivity index (χ0n) is 14.8. The van der Waals surface area contributed by atoms with Crippen molar-refractivity contribution in [2.45, 2.75) is 43.9 Å². The highest BCUT2D eigenvalue weighted by Gasteiger charge is 2.24. The lowest BCUT2D eigenvalue weighted by molar-refractivity contribution is -0.114. The summed E-state index contributed by atoms with van der Waals surface area (Å²) >= 11 is 1.96. The lowest BCUT2D eigenvalue weighted by Crippen LogP contribution is -2.43. The first kappa shape index (κ1) is 18.6. The molecule has 24 heavy (non-hydrogen) atoms. The third-order valence-corrected chi connectivity index (χ3v) is 5.36. The van der Waals surface area contributed by atoms with Crippen molar-refractivity contribution >= 4 is 29.3 Å². The quantitative estimate of drug-likeness (QED) is 0.546. The molecule has 1 aliphatic rings. The van der Waals surface area contributed by atoms with Crippen LogP contribution in [-0.4, -0.2) is 43.0 Å². The SMILES string of the molecule is CN=C(NCCc1ccc(NC(C)=O)cc1)NC1CCC(SC)C1. The van der Waals surface area contributed by atoms with Crippen LogP contribution >= 0.6 is 11.8 Å². The fraction of sp³-hybridized carbons (Fsp3) is 0.556. The van der Waals surface area contributed by atoms with Gasteiger partial charge in [-0.25, -0.2) is 0 Å². The minimum Gasteiger partial charge on any atom is -0.356 e. The number of thioether (sulfide) groups is 1. The number of rotatable bonds is 6. The summed E-state index contributed by atoms with van der Waals surface area (Å²) in [5, 5.41) is 10.5. The molecule has 1 aliphatic carbocycles. The summed E-state index contributed by atoms with van der Waals surface area (Å²) in [6, 6.07) is 8.49. The molecule has 0 bridgehead atoms. The zero-order chi connectivity index (χ0) is 17.4. The van der Waals surface area contributed by atoms with Crippen LogP contribution in [0.5, 0.6) is 0 Å². The first-order valence-corrected chi connectivity index (χ1v) is 9.76. The molecule has 1 fully saturated rings. The van der Waals surface area contributed by atoms with E-state index in [1.807, 2.05) is 43.1 Å². The molecule has 0 radical (unpaired) electrons. The zero-order valence-corrected chi connectivity index (χ0v) is 15.6. The summed E-state index contributed by atoms with van der Waals surface area (Å²) in [5.74, 6) is 0.839. The molecule has 2 atom stereocenters. The second-order valence-corrected chi connectivity index (χ2v) is 7.28. The fourth-order valence-electron chi connectivity index (χ4n) is 2.96. The molecule has 0 aliphatic heterocycles. The van der Waals surface area contributed by atoms with E-state index in [1.54, 1.807) is 0 Å². The molecule has 0 heterocycles. The van der Waals surface area contributed by atoms with Gasteiger partial charge in [0.25, 0.3) is 0 Å². The highest BCUT2D eigenvalue weighted by Crippen LogP contribution is 2.27. The van der Waals surface area contributed by atoms with Crippen molar-refractivity contribution < 1.29 is 4.79 Å². The molecule has 1 aromatic carbocycles. The number of nitrogens with one attached hydrogen (secondary N) is 3. The average Bonchev–Trinajstić information content (AvgIpc) is 3.02. The summed E-state index contributed by atoms with van der Waals surface area (Å²) in [4.78, 5) is 15.3. The Hall–Kier alpha value is -1.69. The molecule has 5 nitrogen and oxygen atoms in total. The Kier molecular flexibility index (Phi) is 7.43. The first-order valence-electron chi connectivity index (χ1n) is 8.47. The smallest absolute Gasteiger partial charge is 0.221 e. The maximum Gasteiger partial charge on any atom is 0.221 e. The van der Waals surface area contributed by atoms with E-state index in [4.69, 9.17) is 0 Å². The molecule has 1 aromatic rings. The molecule has 1 amide bonds. The van der Waals surface area contributed by atoms with Gasteiger partial charge in [0.1, 0.15) is 0 Å². The van der Waals surface area contributed by atoms with Crippen molar-refractivity contribution in [3.05, 3.63) is 29.8 Å². The lowest BCUT2D eigenvalue weighted by Gasteiger charge is -2.17. The van der Waals surface area contributed by atoms with Gasteiger partial charge in [-0.3, -0.25) is 9.79 Å². The van der Waals surface area contributed by atoms with E-state index in [-0.39, 0.29) is 5.91 Å². The molecule has 2 unspecified atom stereocenters. The second-order valence-electron chi connectivity index (χ2n) is 6.14. The van der Waals surface area contributed by atoms with Gasteiger partial charge in [0.2, 0.25) is 5.91 Å². The molecule has 0 aromatic heterocycles. The molecule has 6 heteroatoms. The summed E-state index contributed by atoms with van der Waals surface area (Å²) in [6.45, 7) is 2.35. The first-order chi connectivity index (χ1) is 11.6. The number of carbonyl (C=O) groups is 1. The van der Waals surface area contributed by atoms with E-state index in [2.05, 4.69) is 27.2 Å². The van der Waals surface area contributed by atoms with E-state index in [0.717, 1.165) is 29.9 Å². The predicted molar refractivity (Wildman–Crippen MR) is 104 cm³/mol. The predicted octanol–water partition coefficient (Wildman–Crippen LogP) is 2.64. The van der Waals surface area contributed by atoms with Crippen LogP contribution in [-0.2, 0) is 11.2 Å². The van der Waals surface area contributed by atoms with Crippen molar-refractivity contribution in [2.75, 3.05) is 25.2 Å². The number of hydrogen-bond acceptors (Lipinski definition) is 3. The van der Waals surface area contributed by atoms with Crippen molar-refractivity contribution in [1.29, 1.82) is 0 Å². The van der Waals surface area contributed by atoms with Gasteiger partial charge in [-0.15, -0.1) is 0 Å². The second kappa shape index (κ2) is 9.57. The van der Waals surface area contributed by atoms with E-state index in [9.17, 15) is 4.79 Å². The van der Waals surface area contributed by atoms with Crippen LogP contribution < -0.4 is 16.0 Å². The van der Waals surface area contributed by atoms with Gasteiger partial charge < -0.3 is 16.0 Å². The van der Waals surface area contributed by atoms with E-state index < -0.39 is 0 Å². The van der Waals surface area contributed by atoms with E-state index in [0.29, 0.717) is 6.04 Å². The number of amides is 1. The average molecular weight is 349 g/mol. The van der Waals surface area contributed by atoms with Crippen molar-refractivity contribution in [3.8, 4) is 0 Å². The van der Waals surface area contributed by atoms with Crippen LogP contribution in [0.2, 0.25) is 0 Å². The van der Waals surface area contributed by atoms with Crippen LogP contribution in [0.1, 0.15) is 31.7 Å². The Morgan fingerprint density at radius 3 is 2.62 bits per heavy atom. The molecule has 0 spiro atoms. The number of guanidine groups is 1. The van der Waals surface area contributed by atoms with E-state index >= 15 is 0 Å². The monoisotopic (exact) mass is 348 g/mol. The summed E-state index contributed by atoms with van der Waals surface area (Å²) in [7, 11) is 1.82. The third kappa shape index (κ3) is 6.07. The summed E-state index contributed by atoms with van der Waals surface area (Å²) < 4.78 is 0. The number of carbonyl (C=O) groups excluding carboxylic acids is 1. The Labute approximate surface area is 149 Å². The third-order valence-electron chi connectivity index (χ3n) is 4.26. The van der Waals surface area contributed by atoms with Gasteiger partial charge in [0, 0.05) is 37.5 Å². The minimum atomic E-state index is -0.0464. The van der Waals surface area contributed by atoms with Crippen molar-refractivity contribution in [3.63, 3.8) is 0 Å². The Morgan fingerprint density at radius 1 is 1.29 bits per heavy atom. The van der Waals surface area contributed by atoms with Crippen molar-refractivity contribution in [1.82, 2.24) is 10.6 Å². The van der Waals surface area contributed by atoms with Crippen LogP contribution in [0.25, 0.3) is 0 Å². The van der Waals surface area contributed by atoms with Crippen LogP contribution in [0.15, 0.2) is 29.3 Å². The Bertz CT molecular complexity index is 559. The number of nitrogens with zero attached hydrogens (tertiary/aromatic N) is 1. The van der Waals surface area contributed by atoms with Gasteiger partial charge >= 0.3 is 0 Å². The maximum absolute atomic E-state index is 11.0. The Balaban J connectivity index is 1.72. The van der Waals surface area contributed by atoms with Crippen LogP contribution in [0.4, 0.5) is 5.69 Å². The topological polar surface area (TPSA) is 65.5 Å². The summed E-state index contributed by atoms with van der Waals surface area (Å²) in [5.41, 5.74) is 2.07. The molecule has 1 saturated carbocycles. The molecule has 3 N–H and O–H groups in total. The Morgan fingerprint density at radius 2 is 2.04 bits per heavy atom. The number of aliphatic imine (C=N–C) groups is 1. The molecule has 2 rings (SSSR count). The normalized spacial score (nSPS) is 20.7. The molecule has 0 saturated heterocycles. The highest BCUT2D eigenvalue weighted by molar-refractivity contribution is 7.99. The van der Waals surface area contributed by atoms with Crippen LogP contribution in [0, 0.1) is 0 Å². The number of hydrogen-bond donors (Lipinski definition) is 3. The van der Waals surface area contributed by atoms with Crippen molar-refractivity contribution in [2.24, 2.45) is 4.99 Å². The number of anilines is 1. The largest absolute Gasteiger partial charge is 0.356 e. The maximum atomic E-state index is 11.0. The minimum absolute atomic E-state index is 0.0464. The van der Waals surface area contributed by atoms with Gasteiger partial charge in [-0.2, -0.15) is 11.8 Å².